The molecule has 12 N–H and O–H groups in total. The van der Waals surface area contributed by atoms with Crippen molar-refractivity contribution in [3.8, 4) is 0 Å². The van der Waals surface area contributed by atoms with Crippen LogP contribution in [-0.2, 0) is 24.0 Å². The van der Waals surface area contributed by atoms with Gasteiger partial charge in [-0.15, -0.1) is 25.3 Å². The van der Waals surface area contributed by atoms with E-state index >= 15 is 0 Å². The van der Waals surface area contributed by atoms with Gasteiger partial charge in [-0.3, -0.25) is 24.0 Å². The normalized spacial score (nSPS) is 13.5. The highest BCUT2D eigenvalue weighted by Gasteiger charge is 2.30. The Morgan fingerprint density at radius 2 is 1.23 bits per heavy atom. The number of aliphatic hydroxyl groups excluding tert-OH is 1. The standard InChI is InChI=1S/C30H49N7O8S2/c1-17(2)11-23(34-25(39)15-33-26(40)18-12-19(46)14-20(47)13-18)28(42)35-21(7-3-5-9-31)27(41)37-24(16-38)29(43)36-22(30(44)45)8-4-6-10-32/h12-14,17,21-24,38,46-47H,3-11,15-16,31-32H2,1-2H3,(H,33,40)(H,34,39)(H,35,42)(H,36,43)(H,37,41)(H,44,45)/p+1/t21-,22-,23-,24-/m0/s1. The quantitative estimate of drug-likeness (QED) is 0.0429. The predicted octanol–water partition coefficient (Wildman–Crippen LogP) is -3.45. The summed E-state index contributed by atoms with van der Waals surface area (Å²) in [7, 11) is 0. The fourth-order valence-corrected chi connectivity index (χ4v) is 5.17. The van der Waals surface area contributed by atoms with Crippen LogP contribution in [0.4, 0.5) is 0 Å². The maximum atomic E-state index is 13.4. The lowest BCUT2D eigenvalue weighted by Crippen LogP contribution is -2.59. The fraction of sp³-hybridized carbons (Fsp3) is 0.600. The van der Waals surface area contributed by atoms with E-state index < -0.39 is 72.8 Å². The molecule has 0 aliphatic heterocycles. The summed E-state index contributed by atoms with van der Waals surface area (Å²) >= 11 is 8.44. The van der Waals surface area contributed by atoms with Gasteiger partial charge in [-0.1, -0.05) is 13.8 Å². The third kappa shape index (κ3) is 16.3. The van der Waals surface area contributed by atoms with Gasteiger partial charge in [-0.05, 0) is 69.1 Å². The number of carbonyl (C=O) groups excluding carboxylic acids is 6. The van der Waals surface area contributed by atoms with Crippen molar-refractivity contribution in [1.82, 2.24) is 26.6 Å². The molecule has 264 valence electrons. The molecule has 0 saturated carbocycles. The van der Waals surface area contributed by atoms with Crippen molar-refractivity contribution in [2.24, 2.45) is 5.92 Å². The monoisotopic (exact) mass is 700 g/mol. The summed E-state index contributed by atoms with van der Waals surface area (Å²) in [6, 6.07) is -0.359. The van der Waals surface area contributed by atoms with Gasteiger partial charge in [0.1, 0.15) is 18.1 Å². The van der Waals surface area contributed by atoms with Gasteiger partial charge in [0.05, 0.1) is 38.3 Å². The molecule has 17 heteroatoms. The van der Waals surface area contributed by atoms with E-state index in [1.807, 2.05) is 13.8 Å². The first-order chi connectivity index (χ1) is 22.2. The predicted molar refractivity (Wildman–Crippen MR) is 176 cm³/mol. The molecule has 1 aromatic rings. The minimum atomic E-state index is -1.50. The number of hydrogen-bond acceptors (Lipinski definition) is 10. The van der Waals surface area contributed by atoms with Crippen LogP contribution in [0.15, 0.2) is 28.0 Å². The molecule has 0 saturated heterocycles. The van der Waals surface area contributed by atoms with Crippen LogP contribution in [0.3, 0.4) is 0 Å². The van der Waals surface area contributed by atoms with E-state index in [4.69, 9.17) is 0 Å². The van der Waals surface area contributed by atoms with Gasteiger partial charge in [-0.2, -0.15) is 0 Å². The van der Waals surface area contributed by atoms with Crippen molar-refractivity contribution in [3.05, 3.63) is 23.8 Å². The molecule has 1 rings (SSSR count). The zero-order valence-corrected chi connectivity index (χ0v) is 28.8. The summed E-state index contributed by atoms with van der Waals surface area (Å²) in [6.07, 6.45) is 2.71. The SMILES string of the molecule is CC(C)C[C@H](NC(=O)CNC(=O)c1cc(S)cc(S)c1)C(=O)N[C@@H](CCCC[NH3+])C(=O)N[C@@H](CO)C(=O)N[C@@H](CCCC[NH3+])C(=O)[O-]. The number of thiol groups is 2. The van der Waals surface area contributed by atoms with Crippen LogP contribution in [0.25, 0.3) is 0 Å². The lowest BCUT2D eigenvalue weighted by molar-refractivity contribution is -0.369. The van der Waals surface area contributed by atoms with Gasteiger partial charge in [-0.25, -0.2) is 0 Å². The van der Waals surface area contributed by atoms with Crippen LogP contribution >= 0.6 is 25.3 Å². The summed E-state index contributed by atoms with van der Waals surface area (Å²) in [5, 5.41) is 33.8. The van der Waals surface area contributed by atoms with Crippen molar-refractivity contribution >= 4 is 60.8 Å². The van der Waals surface area contributed by atoms with Crippen molar-refractivity contribution in [2.75, 3.05) is 26.2 Å². The maximum absolute atomic E-state index is 13.4. The first kappa shape index (κ1) is 41.6. The highest BCUT2D eigenvalue weighted by atomic mass is 32.1. The largest absolute Gasteiger partial charge is 0.548 e. The Kier molecular flexibility index (Phi) is 19.7. The van der Waals surface area contributed by atoms with E-state index in [-0.39, 0.29) is 30.7 Å². The fourth-order valence-electron chi connectivity index (χ4n) is 4.52. The number of rotatable bonds is 22. The lowest BCUT2D eigenvalue weighted by Gasteiger charge is -2.26. The van der Waals surface area contributed by atoms with E-state index in [1.54, 1.807) is 6.07 Å². The Balaban J connectivity index is 2.98. The number of carboxylic acids is 1. The second-order valence-electron chi connectivity index (χ2n) is 11.6. The molecule has 0 heterocycles. The van der Waals surface area contributed by atoms with Crippen molar-refractivity contribution < 1.29 is 50.4 Å². The Hall–Kier alpha value is -3.38. The van der Waals surface area contributed by atoms with Gasteiger partial charge in [0.25, 0.3) is 5.91 Å². The Labute approximate surface area is 285 Å². The number of hydrogen-bond donors (Lipinski definition) is 10. The van der Waals surface area contributed by atoms with Crippen LogP contribution in [0, 0.1) is 5.92 Å². The summed E-state index contributed by atoms with van der Waals surface area (Å²) in [5.41, 5.74) is 7.72. The molecular formula is C30H50N7O8S2+. The van der Waals surface area contributed by atoms with Crippen LogP contribution in [0.2, 0.25) is 0 Å². The minimum Gasteiger partial charge on any atom is -0.548 e. The summed E-state index contributed by atoms with van der Waals surface area (Å²) in [5.74, 6) is -5.09. The van der Waals surface area contributed by atoms with Crippen molar-refractivity contribution in [2.45, 2.75) is 92.8 Å². The van der Waals surface area contributed by atoms with Gasteiger partial charge >= 0.3 is 0 Å². The molecule has 0 unspecified atom stereocenters. The molecule has 0 aliphatic rings. The highest BCUT2D eigenvalue weighted by molar-refractivity contribution is 7.81. The van der Waals surface area contributed by atoms with E-state index in [0.717, 1.165) is 0 Å². The number of aliphatic hydroxyl groups is 1. The smallest absolute Gasteiger partial charge is 0.251 e. The van der Waals surface area contributed by atoms with Crippen LogP contribution in [-0.4, -0.2) is 91.0 Å². The third-order valence-electron chi connectivity index (χ3n) is 6.97. The first-order valence-electron chi connectivity index (χ1n) is 15.6. The van der Waals surface area contributed by atoms with Gasteiger partial charge < -0.3 is 53.1 Å². The number of nitrogens with one attached hydrogen (secondary N) is 5. The van der Waals surface area contributed by atoms with E-state index in [9.17, 15) is 39.0 Å². The average molecular weight is 701 g/mol. The van der Waals surface area contributed by atoms with Gasteiger partial charge in [0, 0.05) is 15.4 Å². The summed E-state index contributed by atoms with van der Waals surface area (Å²) < 4.78 is 0. The molecule has 0 bridgehead atoms. The minimum absolute atomic E-state index is 0.0428. The van der Waals surface area contributed by atoms with Crippen LogP contribution in [0.5, 0.6) is 0 Å². The lowest BCUT2D eigenvalue weighted by atomic mass is 10.0. The molecule has 1 aromatic carbocycles. The molecule has 0 radical (unpaired) electrons. The van der Waals surface area contributed by atoms with E-state index in [1.165, 1.54) is 12.1 Å². The van der Waals surface area contributed by atoms with Crippen LogP contribution < -0.4 is 43.2 Å². The molecule has 4 atom stereocenters. The number of unbranched alkanes of at least 4 members (excludes halogenated alkanes) is 2. The molecule has 47 heavy (non-hydrogen) atoms. The van der Waals surface area contributed by atoms with Crippen molar-refractivity contribution in [1.29, 1.82) is 0 Å². The Morgan fingerprint density at radius 3 is 1.74 bits per heavy atom. The third-order valence-corrected chi connectivity index (χ3v) is 7.48. The van der Waals surface area contributed by atoms with E-state index in [2.05, 4.69) is 63.3 Å². The number of carbonyl (C=O) groups is 6. The maximum Gasteiger partial charge on any atom is 0.251 e. The molecule has 0 aliphatic carbocycles. The topological polar surface area (TPSA) is 261 Å². The molecule has 5 amide bonds. The Bertz CT molecular complexity index is 1200. The molecule has 0 fully saturated rings. The number of benzene rings is 1. The molecule has 0 aromatic heterocycles. The second kappa shape index (κ2) is 22.2. The number of carboxylic acid groups (broad SMARTS) is 1. The summed E-state index contributed by atoms with van der Waals surface area (Å²) in [6.45, 7) is 3.59. The molecule has 0 spiro atoms. The highest BCUT2D eigenvalue weighted by Crippen LogP contribution is 2.16. The summed E-state index contributed by atoms with van der Waals surface area (Å²) in [4.78, 5) is 77.3. The molecular weight excluding hydrogens is 651 g/mol. The average Bonchev–Trinajstić information content (AvgIpc) is 3.00. The van der Waals surface area contributed by atoms with E-state index in [0.29, 0.717) is 48.6 Å². The zero-order chi connectivity index (χ0) is 35.5. The molecule has 15 nitrogen and oxygen atoms in total. The Morgan fingerprint density at radius 1 is 0.745 bits per heavy atom. The zero-order valence-electron chi connectivity index (χ0n) is 27.0. The van der Waals surface area contributed by atoms with Crippen molar-refractivity contribution in [3.63, 3.8) is 0 Å². The van der Waals surface area contributed by atoms with Gasteiger partial charge in [0.2, 0.25) is 23.6 Å². The van der Waals surface area contributed by atoms with Crippen LogP contribution in [0.1, 0.15) is 69.2 Å². The van der Waals surface area contributed by atoms with Gasteiger partial charge in [0.15, 0.2) is 0 Å². The number of quaternary nitrogens is 2. The second-order valence-corrected chi connectivity index (χ2v) is 12.6. The number of aliphatic carboxylic acids is 1. The number of amides is 5. The first-order valence-corrected chi connectivity index (χ1v) is 16.5.